The van der Waals surface area contributed by atoms with Gasteiger partial charge >= 0.3 is 0 Å². The minimum Gasteiger partial charge on any atom is -0.486 e. The number of fused-ring (bicyclic) bond motifs is 1. The molecule has 2 N–H and O–H groups in total. The van der Waals surface area contributed by atoms with Crippen molar-refractivity contribution in [1.82, 2.24) is 0 Å². The van der Waals surface area contributed by atoms with Gasteiger partial charge < -0.3 is 15.2 Å². The van der Waals surface area contributed by atoms with Crippen molar-refractivity contribution in [3.8, 4) is 11.5 Å². The van der Waals surface area contributed by atoms with E-state index in [1.165, 1.54) is 0 Å². The van der Waals surface area contributed by atoms with Crippen molar-refractivity contribution < 1.29 is 9.47 Å². The Kier molecular flexibility index (Phi) is 4.11. The van der Waals surface area contributed by atoms with E-state index in [9.17, 15) is 0 Å². The molecule has 0 fully saturated rings. The van der Waals surface area contributed by atoms with Crippen molar-refractivity contribution >= 4 is 27.5 Å². The molecule has 1 aliphatic rings. The van der Waals surface area contributed by atoms with E-state index in [1.54, 1.807) is 0 Å². The summed E-state index contributed by atoms with van der Waals surface area (Å²) in [5.41, 5.74) is 9.38. The molecule has 0 saturated heterocycles. The molecule has 110 valence electrons. The molecule has 0 bridgehead atoms. The van der Waals surface area contributed by atoms with Crippen molar-refractivity contribution in [2.24, 2.45) is 5.73 Å². The van der Waals surface area contributed by atoms with Crippen LogP contribution in [-0.2, 0) is 0 Å². The highest BCUT2D eigenvalue weighted by Gasteiger charge is 2.20. The molecule has 21 heavy (non-hydrogen) atoms. The van der Waals surface area contributed by atoms with Crippen LogP contribution in [0.5, 0.6) is 11.5 Å². The summed E-state index contributed by atoms with van der Waals surface area (Å²) in [5, 5.41) is 0.719. The number of ether oxygens (including phenoxy) is 2. The molecule has 1 unspecified atom stereocenters. The summed E-state index contributed by atoms with van der Waals surface area (Å²) >= 11 is 9.76. The van der Waals surface area contributed by atoms with Gasteiger partial charge in [0, 0.05) is 9.50 Å². The highest BCUT2D eigenvalue weighted by Crippen LogP contribution is 2.39. The summed E-state index contributed by atoms with van der Waals surface area (Å²) in [6.45, 7) is 3.10. The lowest BCUT2D eigenvalue weighted by molar-refractivity contribution is 0.171. The number of rotatable bonds is 2. The van der Waals surface area contributed by atoms with Crippen molar-refractivity contribution in [2.45, 2.75) is 13.0 Å². The Labute approximate surface area is 137 Å². The highest BCUT2D eigenvalue weighted by atomic mass is 79.9. The summed E-state index contributed by atoms with van der Waals surface area (Å²) in [7, 11) is 0. The van der Waals surface area contributed by atoms with E-state index in [2.05, 4.69) is 15.9 Å². The molecule has 0 aromatic heterocycles. The van der Waals surface area contributed by atoms with Gasteiger partial charge in [-0.15, -0.1) is 0 Å². The zero-order valence-corrected chi connectivity index (χ0v) is 13.9. The molecular weight excluding hydrogens is 354 g/mol. The summed E-state index contributed by atoms with van der Waals surface area (Å²) in [4.78, 5) is 0. The number of halogens is 2. The van der Waals surface area contributed by atoms with Crippen LogP contribution in [0.2, 0.25) is 5.02 Å². The molecule has 0 saturated carbocycles. The molecule has 3 nitrogen and oxygen atoms in total. The second-order valence-corrected chi connectivity index (χ2v) is 6.21. The summed E-state index contributed by atoms with van der Waals surface area (Å²) in [6, 6.07) is 9.33. The fourth-order valence-electron chi connectivity index (χ4n) is 2.45. The standard InChI is InChI=1S/C16H15BrClNO2/c1-9-10(3-2-4-13(9)18)16(19)11-7-14-15(8-12(11)17)21-6-5-20-14/h2-4,7-8,16H,5-6,19H2,1H3. The Morgan fingerprint density at radius 3 is 2.52 bits per heavy atom. The van der Waals surface area contributed by atoms with E-state index in [0.29, 0.717) is 13.2 Å². The first-order valence-corrected chi connectivity index (χ1v) is 7.84. The quantitative estimate of drug-likeness (QED) is 0.862. The Morgan fingerprint density at radius 1 is 1.14 bits per heavy atom. The van der Waals surface area contributed by atoms with Crippen LogP contribution in [-0.4, -0.2) is 13.2 Å². The minimum atomic E-state index is -0.283. The molecule has 5 heteroatoms. The summed E-state index contributed by atoms with van der Waals surface area (Å²) in [5.74, 6) is 1.47. The van der Waals surface area contributed by atoms with Crippen molar-refractivity contribution in [1.29, 1.82) is 0 Å². The van der Waals surface area contributed by atoms with Gasteiger partial charge in [-0.2, -0.15) is 0 Å². The number of hydrogen-bond acceptors (Lipinski definition) is 3. The molecular formula is C16H15BrClNO2. The third kappa shape index (κ3) is 2.76. The molecule has 3 rings (SSSR count). The monoisotopic (exact) mass is 367 g/mol. The molecule has 0 spiro atoms. The normalized spacial score (nSPS) is 14.9. The van der Waals surface area contributed by atoms with E-state index in [4.69, 9.17) is 26.8 Å². The smallest absolute Gasteiger partial charge is 0.162 e. The van der Waals surface area contributed by atoms with Crippen LogP contribution in [0.1, 0.15) is 22.7 Å². The first kappa shape index (κ1) is 14.7. The van der Waals surface area contributed by atoms with Crippen molar-refractivity contribution in [3.63, 3.8) is 0 Å². The predicted molar refractivity (Wildman–Crippen MR) is 87.4 cm³/mol. The lowest BCUT2D eigenvalue weighted by Crippen LogP contribution is -2.18. The van der Waals surface area contributed by atoms with Gasteiger partial charge in [0.2, 0.25) is 0 Å². The van der Waals surface area contributed by atoms with Crippen LogP contribution < -0.4 is 15.2 Å². The van der Waals surface area contributed by atoms with Crippen LogP contribution in [0, 0.1) is 6.92 Å². The third-order valence-corrected chi connectivity index (χ3v) is 4.74. The summed E-state index contributed by atoms with van der Waals surface area (Å²) < 4.78 is 12.1. The molecule has 0 aliphatic carbocycles. The number of hydrogen-bond donors (Lipinski definition) is 1. The maximum absolute atomic E-state index is 6.43. The molecule has 2 aromatic rings. The Bertz CT molecular complexity index is 690. The lowest BCUT2D eigenvalue weighted by atomic mass is 9.95. The van der Waals surface area contributed by atoms with Crippen LogP contribution in [0.4, 0.5) is 0 Å². The second-order valence-electron chi connectivity index (χ2n) is 4.95. The van der Waals surface area contributed by atoms with Gasteiger partial charge in [-0.3, -0.25) is 0 Å². The third-order valence-electron chi connectivity index (χ3n) is 3.64. The van der Waals surface area contributed by atoms with Gasteiger partial charge in [-0.25, -0.2) is 0 Å². The van der Waals surface area contributed by atoms with E-state index in [1.807, 2.05) is 37.3 Å². The molecule has 1 atom stereocenters. The molecule has 0 radical (unpaired) electrons. The van der Waals surface area contributed by atoms with Crippen LogP contribution in [0.25, 0.3) is 0 Å². The van der Waals surface area contributed by atoms with Crippen LogP contribution in [0.3, 0.4) is 0 Å². The first-order valence-electron chi connectivity index (χ1n) is 6.67. The van der Waals surface area contributed by atoms with Gasteiger partial charge in [0.05, 0.1) is 6.04 Å². The largest absolute Gasteiger partial charge is 0.486 e. The highest BCUT2D eigenvalue weighted by molar-refractivity contribution is 9.10. The summed E-state index contributed by atoms with van der Waals surface area (Å²) in [6.07, 6.45) is 0. The SMILES string of the molecule is Cc1c(Cl)cccc1C(N)c1cc2c(cc1Br)OCCO2. The average molecular weight is 369 g/mol. The molecule has 1 heterocycles. The zero-order valence-electron chi connectivity index (χ0n) is 11.5. The van der Waals surface area contributed by atoms with Gasteiger partial charge in [-0.05, 0) is 41.8 Å². The van der Waals surface area contributed by atoms with Crippen molar-refractivity contribution in [3.05, 3.63) is 56.5 Å². The van der Waals surface area contributed by atoms with E-state index in [-0.39, 0.29) is 6.04 Å². The minimum absolute atomic E-state index is 0.283. The number of benzene rings is 2. The van der Waals surface area contributed by atoms with E-state index in [0.717, 1.165) is 37.7 Å². The zero-order chi connectivity index (χ0) is 15.0. The lowest BCUT2D eigenvalue weighted by Gasteiger charge is -2.23. The Morgan fingerprint density at radius 2 is 1.81 bits per heavy atom. The Hall–Kier alpha value is -1.23. The van der Waals surface area contributed by atoms with Crippen LogP contribution in [0.15, 0.2) is 34.8 Å². The molecule has 0 amide bonds. The molecule has 2 aromatic carbocycles. The van der Waals surface area contributed by atoms with Gasteiger partial charge in [-0.1, -0.05) is 39.7 Å². The van der Waals surface area contributed by atoms with Gasteiger partial charge in [0.1, 0.15) is 13.2 Å². The van der Waals surface area contributed by atoms with Gasteiger partial charge in [0.25, 0.3) is 0 Å². The first-order chi connectivity index (χ1) is 10.1. The van der Waals surface area contributed by atoms with E-state index >= 15 is 0 Å². The Balaban J connectivity index is 2.05. The van der Waals surface area contributed by atoms with Crippen LogP contribution >= 0.6 is 27.5 Å². The maximum Gasteiger partial charge on any atom is 0.162 e. The van der Waals surface area contributed by atoms with E-state index < -0.39 is 0 Å². The second kappa shape index (κ2) is 5.87. The van der Waals surface area contributed by atoms with Crippen molar-refractivity contribution in [2.75, 3.05) is 13.2 Å². The maximum atomic E-state index is 6.43. The fraction of sp³-hybridized carbons (Fsp3) is 0.250. The number of nitrogens with two attached hydrogens (primary N) is 1. The fourth-order valence-corrected chi connectivity index (χ4v) is 3.20. The van der Waals surface area contributed by atoms with Gasteiger partial charge in [0.15, 0.2) is 11.5 Å². The predicted octanol–water partition coefficient (Wildman–Crippen LogP) is 4.23. The average Bonchev–Trinajstić information content (AvgIpc) is 2.48. The molecule has 1 aliphatic heterocycles. The topological polar surface area (TPSA) is 44.5 Å².